The van der Waals surface area contributed by atoms with Crippen molar-refractivity contribution in [3.05, 3.63) is 104 Å². The highest BCUT2D eigenvalue weighted by molar-refractivity contribution is 7.87. The fraction of sp³-hybridized carbons (Fsp3) is 0.528. The average molecular weight is 728 g/mol. The minimum absolute atomic E-state index is 0.00649. The minimum atomic E-state index is -5.66. The quantitative estimate of drug-likeness (QED) is 0.154. The summed E-state index contributed by atoms with van der Waals surface area (Å²) < 4.78 is 63.4. The molecule has 0 spiro atoms. The second-order valence-corrected chi connectivity index (χ2v) is 15.5. The van der Waals surface area contributed by atoms with Crippen LogP contribution in [0.25, 0.3) is 9.69 Å². The standard InChI is InChI=1S/C15H13ClF3NO3S.C14H14ClNO.C7H16/c1-20-10-14(11-2-4-12(16)5-3-11)8-6-13(7-9-14)23-24(21,22)15(17,18)19;1-16-10-14(8-6-13(17)7-9-14)11-2-4-12(15)5-3-11;1-6(2)5-7(3)4/h2-6H,7-10H2;2-5H,6-10H2;6-7H,5H2,1-4H3. The zero-order chi connectivity index (χ0) is 36.2. The Kier molecular flexibility index (Phi) is 15.5. The topological polar surface area (TPSA) is 69.2 Å². The van der Waals surface area contributed by atoms with Crippen molar-refractivity contribution in [2.24, 2.45) is 11.8 Å². The average Bonchev–Trinajstić information content (AvgIpc) is 3.00. The molecule has 1 atom stereocenters. The van der Waals surface area contributed by atoms with Gasteiger partial charge < -0.3 is 13.9 Å². The van der Waals surface area contributed by atoms with Gasteiger partial charge in [0.25, 0.3) is 0 Å². The van der Waals surface area contributed by atoms with Gasteiger partial charge in [0.2, 0.25) is 13.1 Å². The Hall–Kier alpha value is -3.05. The van der Waals surface area contributed by atoms with E-state index in [2.05, 4.69) is 41.6 Å². The predicted molar refractivity (Wildman–Crippen MR) is 185 cm³/mol. The van der Waals surface area contributed by atoms with Gasteiger partial charge >= 0.3 is 15.6 Å². The van der Waals surface area contributed by atoms with Crippen LogP contribution in [0.2, 0.25) is 10.0 Å². The SMILES string of the molecule is CC(C)CC(C)C.[C-]#[N+]CC1(c2ccc(Cl)cc2)CC=C(OS(=O)(=O)C(F)(F)F)CC1.[C-]#[N+]CC1(c2ccc(Cl)cc2)CCC(=O)CC1. The maximum Gasteiger partial charge on any atom is 0.534 e. The van der Waals surface area contributed by atoms with E-state index in [1.165, 1.54) is 12.5 Å². The summed E-state index contributed by atoms with van der Waals surface area (Å²) in [6, 6.07) is 14.6. The number of alkyl halides is 3. The van der Waals surface area contributed by atoms with Gasteiger partial charge in [0.05, 0.1) is 10.8 Å². The van der Waals surface area contributed by atoms with E-state index in [1.54, 1.807) is 24.3 Å². The van der Waals surface area contributed by atoms with E-state index in [-0.39, 0.29) is 30.6 Å². The van der Waals surface area contributed by atoms with Crippen molar-refractivity contribution in [3.63, 3.8) is 0 Å². The minimum Gasteiger partial charge on any atom is -0.381 e. The highest BCUT2D eigenvalue weighted by Gasteiger charge is 2.49. The summed E-state index contributed by atoms with van der Waals surface area (Å²) in [6.45, 7) is 23.9. The Bertz CT molecular complexity index is 1560. The third kappa shape index (κ3) is 12.1. The first-order valence-corrected chi connectivity index (χ1v) is 17.9. The van der Waals surface area contributed by atoms with Crippen LogP contribution in [0.15, 0.2) is 60.4 Å². The summed E-state index contributed by atoms with van der Waals surface area (Å²) in [5.41, 5.74) is -4.22. The molecule has 2 aromatic carbocycles. The molecule has 0 aliphatic heterocycles. The van der Waals surface area contributed by atoms with Gasteiger partial charge in [-0.2, -0.15) is 21.6 Å². The van der Waals surface area contributed by atoms with E-state index >= 15 is 0 Å². The normalized spacial score (nSPS) is 19.1. The summed E-state index contributed by atoms with van der Waals surface area (Å²) in [4.78, 5) is 18.3. The molecule has 0 amide bonds. The van der Waals surface area contributed by atoms with Crippen molar-refractivity contribution in [1.29, 1.82) is 0 Å². The first-order valence-electron chi connectivity index (χ1n) is 15.8. The highest BCUT2D eigenvalue weighted by Crippen LogP contribution is 2.41. The molecule has 0 saturated heterocycles. The van der Waals surface area contributed by atoms with Crippen LogP contribution in [0.3, 0.4) is 0 Å². The molecule has 2 aromatic rings. The number of halogens is 5. The molecular formula is C36H43Cl2F3N2O4S. The zero-order valence-corrected chi connectivity index (χ0v) is 30.1. The van der Waals surface area contributed by atoms with Gasteiger partial charge in [0.15, 0.2) is 0 Å². The Morgan fingerprint density at radius 2 is 1.21 bits per heavy atom. The number of carbonyl (C=O) groups is 1. The molecule has 0 aromatic heterocycles. The number of benzene rings is 2. The van der Waals surface area contributed by atoms with Crippen LogP contribution < -0.4 is 0 Å². The van der Waals surface area contributed by atoms with Gasteiger partial charge in [-0.1, -0.05) is 75.2 Å². The fourth-order valence-electron chi connectivity index (χ4n) is 6.03. The van der Waals surface area contributed by atoms with Crippen molar-refractivity contribution >= 4 is 39.1 Å². The molecule has 1 saturated carbocycles. The van der Waals surface area contributed by atoms with Crippen molar-refractivity contribution in [2.45, 2.75) is 95.4 Å². The Labute approximate surface area is 293 Å². The van der Waals surface area contributed by atoms with Crippen LogP contribution >= 0.6 is 23.2 Å². The molecule has 1 fully saturated rings. The van der Waals surface area contributed by atoms with E-state index in [0.717, 1.165) is 35.8 Å². The van der Waals surface area contributed by atoms with Crippen LogP contribution in [-0.2, 0) is 29.9 Å². The van der Waals surface area contributed by atoms with Crippen molar-refractivity contribution in [1.82, 2.24) is 0 Å². The zero-order valence-electron chi connectivity index (χ0n) is 27.7. The second kappa shape index (κ2) is 18.1. The van der Waals surface area contributed by atoms with Gasteiger partial charge in [-0.3, -0.25) is 4.79 Å². The molecule has 0 radical (unpaired) electrons. The Balaban J connectivity index is 0.000000289. The van der Waals surface area contributed by atoms with Crippen molar-refractivity contribution < 1.29 is 30.6 Å². The Morgan fingerprint density at radius 1 is 0.792 bits per heavy atom. The number of ketones is 1. The molecule has 262 valence electrons. The fourth-order valence-corrected chi connectivity index (χ4v) is 6.81. The molecule has 0 heterocycles. The smallest absolute Gasteiger partial charge is 0.381 e. The number of allylic oxidation sites excluding steroid dienone is 2. The number of hydrogen-bond donors (Lipinski definition) is 0. The molecule has 0 bridgehead atoms. The van der Waals surface area contributed by atoms with Crippen LogP contribution in [0.4, 0.5) is 13.2 Å². The third-order valence-corrected chi connectivity index (χ3v) is 9.96. The largest absolute Gasteiger partial charge is 0.534 e. The van der Waals surface area contributed by atoms with Gasteiger partial charge in [-0.15, -0.1) is 0 Å². The number of nitrogens with zero attached hydrogens (tertiary/aromatic N) is 2. The summed E-state index contributed by atoms with van der Waals surface area (Å²) in [5.74, 6) is 1.82. The van der Waals surface area contributed by atoms with E-state index in [0.29, 0.717) is 41.6 Å². The molecule has 4 rings (SSSR count). The third-order valence-electron chi connectivity index (χ3n) is 8.45. The number of carbonyl (C=O) groups excluding carboxylic acids is 1. The number of hydrogen-bond acceptors (Lipinski definition) is 4. The van der Waals surface area contributed by atoms with Crippen LogP contribution in [0, 0.1) is 25.0 Å². The lowest BCUT2D eigenvalue weighted by Gasteiger charge is -2.32. The molecule has 48 heavy (non-hydrogen) atoms. The first-order chi connectivity index (χ1) is 22.4. The maximum absolute atomic E-state index is 12.4. The van der Waals surface area contributed by atoms with E-state index in [1.807, 2.05) is 24.3 Å². The van der Waals surface area contributed by atoms with Crippen molar-refractivity contribution in [3.8, 4) is 0 Å². The van der Waals surface area contributed by atoms with E-state index in [9.17, 15) is 26.4 Å². The summed E-state index contributed by atoms with van der Waals surface area (Å²) in [6.07, 6.45) is 5.94. The summed E-state index contributed by atoms with van der Waals surface area (Å²) in [5, 5.41) is 1.24. The molecule has 0 N–H and O–H groups in total. The lowest BCUT2D eigenvalue weighted by atomic mass is 9.69. The van der Waals surface area contributed by atoms with Gasteiger partial charge in [-0.05, 0) is 85.4 Å². The second-order valence-electron chi connectivity index (χ2n) is 13.1. The number of rotatable bonds is 8. The van der Waals surface area contributed by atoms with Gasteiger partial charge in [0, 0.05) is 29.3 Å². The molecular weight excluding hydrogens is 684 g/mol. The van der Waals surface area contributed by atoms with E-state index in [4.69, 9.17) is 36.3 Å². The van der Waals surface area contributed by atoms with Crippen molar-refractivity contribution in [2.75, 3.05) is 13.1 Å². The lowest BCUT2D eigenvalue weighted by Crippen LogP contribution is -2.34. The molecule has 12 heteroatoms. The van der Waals surface area contributed by atoms with Crippen LogP contribution in [0.1, 0.15) is 90.2 Å². The predicted octanol–water partition coefficient (Wildman–Crippen LogP) is 10.8. The van der Waals surface area contributed by atoms with Gasteiger partial charge in [-0.25, -0.2) is 13.1 Å². The van der Waals surface area contributed by atoms with Crippen LogP contribution in [-0.4, -0.2) is 32.8 Å². The molecule has 6 nitrogen and oxygen atoms in total. The van der Waals surface area contributed by atoms with Crippen LogP contribution in [0.5, 0.6) is 0 Å². The lowest BCUT2D eigenvalue weighted by molar-refractivity contribution is -0.121. The van der Waals surface area contributed by atoms with E-state index < -0.39 is 21.0 Å². The number of Topliss-reactive ketones (excluding diaryl/α,β-unsaturated/α-hetero) is 1. The molecule has 2 aliphatic rings. The molecule has 1 unspecified atom stereocenters. The maximum atomic E-state index is 12.4. The van der Waals surface area contributed by atoms with Gasteiger partial charge in [0.1, 0.15) is 11.5 Å². The Morgan fingerprint density at radius 3 is 1.56 bits per heavy atom. The highest BCUT2D eigenvalue weighted by atomic mass is 35.5. The monoisotopic (exact) mass is 726 g/mol. The molecule has 2 aliphatic carbocycles. The summed E-state index contributed by atoms with van der Waals surface area (Å²) in [7, 11) is -5.66. The summed E-state index contributed by atoms with van der Waals surface area (Å²) >= 11 is 11.7. The first kappa shape index (κ1) is 41.1.